The third-order valence-electron chi connectivity index (χ3n) is 2.53. The number of carbonyl (C=O) groups is 2. The van der Waals surface area contributed by atoms with Gasteiger partial charge in [0.15, 0.2) is 0 Å². The molecular formula is C12H23NO5. The molecule has 0 heterocycles. The molecule has 0 aliphatic heterocycles. The Morgan fingerprint density at radius 2 is 1.89 bits per heavy atom. The minimum atomic E-state index is -0.921. The Labute approximate surface area is 108 Å². The summed E-state index contributed by atoms with van der Waals surface area (Å²) in [5.41, 5.74) is -0.594. The molecule has 106 valence electrons. The van der Waals surface area contributed by atoms with Gasteiger partial charge < -0.3 is 19.8 Å². The number of carboxylic acid groups (broad SMARTS) is 1. The smallest absolute Gasteiger partial charge is 0.303 e. The van der Waals surface area contributed by atoms with Crippen LogP contribution in [0, 0.1) is 5.41 Å². The highest BCUT2D eigenvalue weighted by Crippen LogP contribution is 2.25. The van der Waals surface area contributed by atoms with Crippen LogP contribution in [-0.4, -0.2) is 60.4 Å². The molecule has 0 saturated carbocycles. The first-order valence-electron chi connectivity index (χ1n) is 5.80. The normalized spacial score (nSPS) is 13.2. The van der Waals surface area contributed by atoms with Crippen LogP contribution in [0.4, 0.5) is 0 Å². The van der Waals surface area contributed by atoms with Crippen LogP contribution in [0.25, 0.3) is 0 Å². The number of hydrogen-bond acceptors (Lipinski definition) is 4. The van der Waals surface area contributed by atoms with Crippen LogP contribution in [0.15, 0.2) is 0 Å². The van der Waals surface area contributed by atoms with E-state index in [0.29, 0.717) is 0 Å². The molecular weight excluding hydrogens is 238 g/mol. The highest BCUT2D eigenvalue weighted by molar-refractivity contribution is 5.77. The van der Waals surface area contributed by atoms with Crippen LogP contribution >= 0.6 is 0 Å². The van der Waals surface area contributed by atoms with E-state index >= 15 is 0 Å². The summed E-state index contributed by atoms with van der Waals surface area (Å²) in [6, 6.07) is 0. The van der Waals surface area contributed by atoms with Gasteiger partial charge in [-0.25, -0.2) is 0 Å². The minimum Gasteiger partial charge on any atom is -0.481 e. The van der Waals surface area contributed by atoms with Crippen molar-refractivity contribution < 1.29 is 24.5 Å². The summed E-state index contributed by atoms with van der Waals surface area (Å²) in [7, 11) is 3.05. The topological polar surface area (TPSA) is 87.1 Å². The number of aliphatic hydroxyl groups excluding tert-OH is 1. The van der Waals surface area contributed by atoms with E-state index in [1.165, 1.54) is 12.0 Å². The number of hydrogen-bond donors (Lipinski definition) is 2. The van der Waals surface area contributed by atoms with Gasteiger partial charge in [-0.2, -0.15) is 0 Å². The molecule has 1 amide bonds. The third kappa shape index (κ3) is 7.24. The monoisotopic (exact) mass is 261 g/mol. The van der Waals surface area contributed by atoms with Crippen molar-refractivity contribution in [2.24, 2.45) is 5.41 Å². The van der Waals surface area contributed by atoms with Crippen LogP contribution in [-0.2, 0) is 14.3 Å². The number of nitrogens with zero attached hydrogens (tertiary/aromatic N) is 1. The number of ether oxygens (including phenoxy) is 1. The summed E-state index contributed by atoms with van der Waals surface area (Å²) in [6.07, 6.45) is -0.658. The summed E-state index contributed by atoms with van der Waals surface area (Å²) in [5.74, 6) is -1.11. The number of aliphatic carboxylic acids is 1. The molecule has 0 aromatic carbocycles. The number of carboxylic acids is 1. The Bertz CT molecular complexity index is 290. The standard InChI is InChI=1S/C12H23NO5/c1-12(2,6-11(16)17)5-10(15)13(3)7-9(14)8-18-4/h9,14H,5-8H2,1-4H3,(H,16,17). The van der Waals surface area contributed by atoms with Crippen LogP contribution in [0.3, 0.4) is 0 Å². The SMILES string of the molecule is COCC(O)CN(C)C(=O)CC(C)(C)CC(=O)O. The average molecular weight is 261 g/mol. The lowest BCUT2D eigenvalue weighted by molar-refractivity contribution is -0.140. The molecule has 6 heteroatoms. The molecule has 2 N–H and O–H groups in total. The molecule has 18 heavy (non-hydrogen) atoms. The molecule has 6 nitrogen and oxygen atoms in total. The number of rotatable bonds is 8. The van der Waals surface area contributed by atoms with E-state index in [9.17, 15) is 14.7 Å². The maximum absolute atomic E-state index is 11.9. The lowest BCUT2D eigenvalue weighted by Crippen LogP contribution is -2.38. The Balaban J connectivity index is 4.26. The summed E-state index contributed by atoms with van der Waals surface area (Å²) in [4.78, 5) is 23.9. The number of aliphatic hydroxyl groups is 1. The van der Waals surface area contributed by atoms with E-state index in [-0.39, 0.29) is 31.9 Å². The lowest BCUT2D eigenvalue weighted by atomic mass is 9.85. The van der Waals surface area contributed by atoms with E-state index in [2.05, 4.69) is 0 Å². The third-order valence-corrected chi connectivity index (χ3v) is 2.53. The summed E-state index contributed by atoms with van der Waals surface area (Å²) in [5, 5.41) is 18.2. The Morgan fingerprint density at radius 3 is 2.33 bits per heavy atom. The quantitative estimate of drug-likeness (QED) is 0.658. The van der Waals surface area contributed by atoms with Gasteiger partial charge in [0.1, 0.15) is 0 Å². The predicted octanol–water partition coefficient (Wildman–Crippen LogP) is 0.343. The van der Waals surface area contributed by atoms with Crippen molar-refractivity contribution in [1.29, 1.82) is 0 Å². The van der Waals surface area contributed by atoms with E-state index in [4.69, 9.17) is 9.84 Å². The lowest BCUT2D eigenvalue weighted by Gasteiger charge is -2.26. The molecule has 0 aliphatic carbocycles. The first-order chi connectivity index (χ1) is 8.18. The Kier molecular flexibility index (Phi) is 6.86. The van der Waals surface area contributed by atoms with Gasteiger partial charge in [0.2, 0.25) is 5.91 Å². The van der Waals surface area contributed by atoms with Crippen LogP contribution in [0.1, 0.15) is 26.7 Å². The number of carbonyl (C=O) groups excluding carboxylic acids is 1. The van der Waals surface area contributed by atoms with Crippen LogP contribution in [0.2, 0.25) is 0 Å². The maximum Gasteiger partial charge on any atom is 0.303 e. The molecule has 0 spiro atoms. The molecule has 1 atom stereocenters. The highest BCUT2D eigenvalue weighted by atomic mass is 16.5. The maximum atomic E-state index is 11.9. The number of methoxy groups -OCH3 is 1. The molecule has 0 radical (unpaired) electrons. The van der Waals surface area contributed by atoms with Crippen LogP contribution < -0.4 is 0 Å². The summed E-state index contributed by atoms with van der Waals surface area (Å²) < 4.78 is 4.77. The van der Waals surface area contributed by atoms with Crippen molar-refractivity contribution in [1.82, 2.24) is 4.90 Å². The van der Waals surface area contributed by atoms with Crippen LogP contribution in [0.5, 0.6) is 0 Å². The van der Waals surface area contributed by atoms with Gasteiger partial charge in [-0.05, 0) is 5.41 Å². The zero-order valence-corrected chi connectivity index (χ0v) is 11.5. The van der Waals surface area contributed by atoms with E-state index in [1.54, 1.807) is 20.9 Å². The van der Waals surface area contributed by atoms with E-state index in [1.807, 2.05) is 0 Å². The van der Waals surface area contributed by atoms with Gasteiger partial charge >= 0.3 is 5.97 Å². The second kappa shape index (κ2) is 7.33. The zero-order valence-electron chi connectivity index (χ0n) is 11.5. The van der Waals surface area contributed by atoms with Crippen molar-refractivity contribution in [2.75, 3.05) is 27.3 Å². The fraction of sp³-hybridized carbons (Fsp3) is 0.833. The predicted molar refractivity (Wildman–Crippen MR) is 66.2 cm³/mol. The molecule has 0 fully saturated rings. The van der Waals surface area contributed by atoms with Crippen molar-refractivity contribution in [3.8, 4) is 0 Å². The average Bonchev–Trinajstić information content (AvgIpc) is 2.14. The van der Waals surface area contributed by atoms with Crippen molar-refractivity contribution in [3.63, 3.8) is 0 Å². The molecule has 0 aliphatic rings. The van der Waals surface area contributed by atoms with Gasteiger partial charge in [0.05, 0.1) is 19.1 Å². The second-order valence-electron chi connectivity index (χ2n) is 5.29. The molecule has 0 aromatic heterocycles. The highest BCUT2D eigenvalue weighted by Gasteiger charge is 2.27. The molecule has 0 saturated heterocycles. The molecule has 0 bridgehead atoms. The van der Waals surface area contributed by atoms with Crippen molar-refractivity contribution >= 4 is 11.9 Å². The van der Waals surface area contributed by atoms with Crippen molar-refractivity contribution in [3.05, 3.63) is 0 Å². The minimum absolute atomic E-state index is 0.0623. The summed E-state index contributed by atoms with van der Waals surface area (Å²) in [6.45, 7) is 3.81. The van der Waals surface area contributed by atoms with Gasteiger partial charge in [-0.3, -0.25) is 9.59 Å². The van der Waals surface area contributed by atoms with E-state index in [0.717, 1.165) is 0 Å². The number of amides is 1. The van der Waals surface area contributed by atoms with E-state index < -0.39 is 17.5 Å². The molecule has 1 unspecified atom stereocenters. The Hall–Kier alpha value is -1.14. The van der Waals surface area contributed by atoms with Gasteiger partial charge in [-0.15, -0.1) is 0 Å². The van der Waals surface area contributed by atoms with Gasteiger partial charge in [0, 0.05) is 27.1 Å². The largest absolute Gasteiger partial charge is 0.481 e. The summed E-state index contributed by atoms with van der Waals surface area (Å²) >= 11 is 0. The van der Waals surface area contributed by atoms with Crippen molar-refractivity contribution in [2.45, 2.75) is 32.8 Å². The zero-order chi connectivity index (χ0) is 14.3. The van der Waals surface area contributed by atoms with Gasteiger partial charge in [-0.1, -0.05) is 13.8 Å². The Morgan fingerprint density at radius 1 is 1.33 bits per heavy atom. The fourth-order valence-corrected chi connectivity index (χ4v) is 1.68. The molecule has 0 aromatic rings. The first-order valence-corrected chi connectivity index (χ1v) is 5.80. The number of likely N-dealkylation sites (N-methyl/N-ethyl adjacent to an activating group) is 1. The molecule has 0 rings (SSSR count). The van der Waals surface area contributed by atoms with Gasteiger partial charge in [0.25, 0.3) is 0 Å². The second-order valence-corrected chi connectivity index (χ2v) is 5.29. The fourth-order valence-electron chi connectivity index (χ4n) is 1.68. The first kappa shape index (κ1) is 16.9.